The van der Waals surface area contributed by atoms with Gasteiger partial charge in [0.25, 0.3) is 0 Å². The highest BCUT2D eigenvalue weighted by atomic mass is 35.5. The molecule has 1 amide bonds. The zero-order chi connectivity index (χ0) is 17.6. The van der Waals surface area contributed by atoms with Gasteiger partial charge >= 0.3 is 0 Å². The number of rotatable bonds is 7. The Morgan fingerprint density at radius 3 is 2.88 bits per heavy atom. The predicted octanol–water partition coefficient (Wildman–Crippen LogP) is 4.03. The largest absolute Gasteiger partial charge is 0.355 e. The number of amides is 1. The van der Waals surface area contributed by atoms with Gasteiger partial charge in [0.05, 0.1) is 5.25 Å². The molecule has 0 saturated heterocycles. The molecule has 2 N–H and O–H groups in total. The van der Waals surface area contributed by atoms with Gasteiger partial charge in [-0.05, 0) is 49.1 Å². The highest BCUT2D eigenvalue weighted by Gasteiger charge is 2.17. The van der Waals surface area contributed by atoms with E-state index in [1.807, 2.05) is 30.5 Å². The molecule has 0 aliphatic heterocycles. The normalized spacial score (nSPS) is 12.1. The average Bonchev–Trinajstić information content (AvgIpc) is 3.27. The second-order valence-electron chi connectivity index (χ2n) is 5.35. The lowest BCUT2D eigenvalue weighted by Gasteiger charge is -2.09. The summed E-state index contributed by atoms with van der Waals surface area (Å²) in [5.74, 6) is 0.642. The lowest BCUT2D eigenvalue weighted by Crippen LogP contribution is -2.32. The maximum absolute atomic E-state index is 12.2. The lowest BCUT2D eigenvalue weighted by molar-refractivity contribution is -0.120. The van der Waals surface area contributed by atoms with Crippen LogP contribution in [0, 0.1) is 0 Å². The van der Waals surface area contributed by atoms with Crippen molar-refractivity contribution in [1.29, 1.82) is 0 Å². The highest BCUT2D eigenvalue weighted by Crippen LogP contribution is 2.23. The van der Waals surface area contributed by atoms with Gasteiger partial charge in [-0.2, -0.15) is 0 Å². The van der Waals surface area contributed by atoms with Crippen molar-refractivity contribution in [2.75, 3.05) is 6.54 Å². The van der Waals surface area contributed by atoms with E-state index in [0.717, 1.165) is 12.0 Å². The van der Waals surface area contributed by atoms with Crippen LogP contribution in [0.15, 0.2) is 46.9 Å². The van der Waals surface area contributed by atoms with Gasteiger partial charge in [-0.1, -0.05) is 29.4 Å². The second kappa shape index (κ2) is 8.51. The number of thiophene rings is 1. The first-order valence-electron chi connectivity index (χ1n) is 7.77. The summed E-state index contributed by atoms with van der Waals surface area (Å²) in [4.78, 5) is 17.9. The van der Waals surface area contributed by atoms with Gasteiger partial charge in [-0.25, -0.2) is 4.98 Å². The van der Waals surface area contributed by atoms with Crippen LogP contribution in [0.2, 0.25) is 5.02 Å². The van der Waals surface area contributed by atoms with Crippen molar-refractivity contribution in [2.24, 2.45) is 0 Å². The summed E-state index contributed by atoms with van der Waals surface area (Å²) in [7, 11) is 0. The van der Waals surface area contributed by atoms with Gasteiger partial charge in [-0.15, -0.1) is 16.4 Å². The van der Waals surface area contributed by atoms with Crippen LogP contribution in [0.5, 0.6) is 0 Å². The Hall–Kier alpha value is -1.83. The van der Waals surface area contributed by atoms with Gasteiger partial charge in [-0.3, -0.25) is 9.89 Å². The van der Waals surface area contributed by atoms with Crippen molar-refractivity contribution in [3.05, 3.63) is 51.7 Å². The maximum atomic E-state index is 12.2. The molecule has 0 saturated carbocycles. The number of hydrogen-bond donors (Lipinski definition) is 2. The Morgan fingerprint density at radius 1 is 1.36 bits per heavy atom. The van der Waals surface area contributed by atoms with E-state index in [-0.39, 0.29) is 11.2 Å². The summed E-state index contributed by atoms with van der Waals surface area (Å²) in [6.07, 6.45) is 0.849. The number of hydrogen-bond acceptors (Lipinski definition) is 5. The third-order valence-electron chi connectivity index (χ3n) is 3.48. The summed E-state index contributed by atoms with van der Waals surface area (Å²) in [6.45, 7) is 2.48. The molecule has 2 aromatic heterocycles. The average molecular weight is 393 g/mol. The van der Waals surface area contributed by atoms with Crippen molar-refractivity contribution in [3.63, 3.8) is 0 Å². The Balaban J connectivity index is 1.51. The topological polar surface area (TPSA) is 70.7 Å². The molecule has 25 heavy (non-hydrogen) atoms. The smallest absolute Gasteiger partial charge is 0.233 e. The SMILES string of the molecule is CC(Sc1n[nH]c(-c2ccc(Cl)cc2)n1)C(=O)NCCc1cccs1. The first-order chi connectivity index (χ1) is 12.1. The van der Waals surface area contributed by atoms with Gasteiger partial charge in [0.15, 0.2) is 5.82 Å². The molecule has 3 aromatic rings. The zero-order valence-electron chi connectivity index (χ0n) is 13.5. The summed E-state index contributed by atoms with van der Waals surface area (Å²) in [6, 6.07) is 11.4. The summed E-state index contributed by atoms with van der Waals surface area (Å²) in [5.41, 5.74) is 0.900. The molecule has 0 radical (unpaired) electrons. The number of carbonyl (C=O) groups excluding carboxylic acids is 1. The van der Waals surface area contributed by atoms with Gasteiger partial charge in [0.1, 0.15) is 0 Å². The number of carbonyl (C=O) groups is 1. The van der Waals surface area contributed by atoms with Gasteiger partial charge in [0.2, 0.25) is 11.1 Å². The van der Waals surface area contributed by atoms with Gasteiger partial charge in [0, 0.05) is 22.0 Å². The van der Waals surface area contributed by atoms with Crippen LogP contribution in [0.25, 0.3) is 11.4 Å². The van der Waals surface area contributed by atoms with E-state index >= 15 is 0 Å². The van der Waals surface area contributed by atoms with Crippen molar-refractivity contribution in [3.8, 4) is 11.4 Å². The second-order valence-corrected chi connectivity index (χ2v) is 8.13. The lowest BCUT2D eigenvalue weighted by atomic mass is 10.2. The summed E-state index contributed by atoms with van der Waals surface area (Å²) < 4.78 is 0. The number of benzene rings is 1. The molecule has 1 atom stereocenters. The number of H-pyrrole nitrogens is 1. The number of thioether (sulfide) groups is 1. The van der Waals surface area contributed by atoms with Crippen molar-refractivity contribution in [2.45, 2.75) is 23.8 Å². The Morgan fingerprint density at radius 2 is 2.16 bits per heavy atom. The van der Waals surface area contributed by atoms with Crippen LogP contribution >= 0.6 is 34.7 Å². The van der Waals surface area contributed by atoms with Crippen molar-refractivity contribution in [1.82, 2.24) is 20.5 Å². The molecule has 8 heteroatoms. The molecule has 130 valence electrons. The first kappa shape index (κ1) is 18.0. The molecular formula is C17H17ClN4OS2. The Bertz CT molecular complexity index is 818. The minimum Gasteiger partial charge on any atom is -0.355 e. The van der Waals surface area contributed by atoms with E-state index in [1.54, 1.807) is 23.5 Å². The predicted molar refractivity (Wildman–Crippen MR) is 103 cm³/mol. The number of aromatic nitrogens is 3. The Labute approximate surface area is 159 Å². The molecule has 0 aliphatic rings. The molecule has 0 fully saturated rings. The standard InChI is InChI=1S/C17H17ClN4OS2/c1-11(16(23)19-9-8-14-3-2-10-24-14)25-17-20-15(21-22-17)12-4-6-13(18)7-5-12/h2-7,10-11H,8-9H2,1H3,(H,19,23)(H,20,21,22). The molecule has 0 aliphatic carbocycles. The fourth-order valence-electron chi connectivity index (χ4n) is 2.16. The van der Waals surface area contributed by atoms with Crippen LogP contribution in [0.3, 0.4) is 0 Å². The van der Waals surface area contributed by atoms with E-state index in [0.29, 0.717) is 22.5 Å². The van der Waals surface area contributed by atoms with Gasteiger partial charge < -0.3 is 5.32 Å². The molecule has 1 aromatic carbocycles. The fraction of sp³-hybridized carbons (Fsp3) is 0.235. The molecule has 1 unspecified atom stereocenters. The zero-order valence-corrected chi connectivity index (χ0v) is 15.9. The summed E-state index contributed by atoms with van der Waals surface area (Å²) in [5, 5.41) is 13.0. The number of nitrogens with zero attached hydrogens (tertiary/aromatic N) is 2. The number of nitrogens with one attached hydrogen (secondary N) is 2. The minimum atomic E-state index is -0.266. The van der Waals surface area contributed by atoms with Crippen LogP contribution in [0.1, 0.15) is 11.8 Å². The summed E-state index contributed by atoms with van der Waals surface area (Å²) >= 11 is 8.92. The quantitative estimate of drug-likeness (QED) is 0.595. The first-order valence-corrected chi connectivity index (χ1v) is 9.90. The Kier molecular flexibility index (Phi) is 6.12. The molecule has 5 nitrogen and oxygen atoms in total. The highest BCUT2D eigenvalue weighted by molar-refractivity contribution is 8.00. The molecule has 0 bridgehead atoms. The maximum Gasteiger partial charge on any atom is 0.233 e. The molecule has 3 rings (SSSR count). The monoisotopic (exact) mass is 392 g/mol. The van der Waals surface area contributed by atoms with Crippen LogP contribution < -0.4 is 5.32 Å². The third kappa shape index (κ3) is 5.07. The van der Waals surface area contributed by atoms with Crippen molar-refractivity contribution >= 4 is 40.6 Å². The van der Waals surface area contributed by atoms with Crippen LogP contribution in [-0.2, 0) is 11.2 Å². The van der Waals surface area contributed by atoms with Crippen LogP contribution in [-0.4, -0.2) is 32.9 Å². The minimum absolute atomic E-state index is 0.0144. The van der Waals surface area contributed by atoms with Crippen LogP contribution in [0.4, 0.5) is 0 Å². The van der Waals surface area contributed by atoms with Crippen molar-refractivity contribution < 1.29 is 4.79 Å². The molecule has 0 spiro atoms. The van der Waals surface area contributed by atoms with E-state index < -0.39 is 0 Å². The van der Waals surface area contributed by atoms with E-state index in [2.05, 4.69) is 26.6 Å². The molecular weight excluding hydrogens is 376 g/mol. The van der Waals surface area contributed by atoms with E-state index in [9.17, 15) is 4.79 Å². The molecule has 2 heterocycles. The third-order valence-corrected chi connectivity index (χ3v) is 5.63. The number of aromatic amines is 1. The number of halogens is 1. The van der Waals surface area contributed by atoms with E-state index in [1.165, 1.54) is 16.6 Å². The fourth-order valence-corrected chi connectivity index (χ4v) is 3.74. The van der Waals surface area contributed by atoms with E-state index in [4.69, 9.17) is 11.6 Å².